The molecule has 0 spiro atoms. The number of quaternary nitrogens is 1. The number of thioether (sulfide) groups is 1. The van der Waals surface area contributed by atoms with Crippen molar-refractivity contribution in [3.8, 4) is 0 Å². The van der Waals surface area contributed by atoms with Gasteiger partial charge in [-0.3, -0.25) is 9.36 Å². The Hall–Kier alpha value is -2.26. The zero-order valence-corrected chi connectivity index (χ0v) is 17.4. The van der Waals surface area contributed by atoms with Gasteiger partial charge in [0.1, 0.15) is 16.7 Å². The summed E-state index contributed by atoms with van der Waals surface area (Å²) < 4.78 is 28.4. The molecule has 0 saturated carbocycles. The summed E-state index contributed by atoms with van der Waals surface area (Å²) in [5.74, 6) is -1.98. The predicted octanol–water partition coefficient (Wildman–Crippen LogP) is 1.28. The Balaban J connectivity index is 1.68. The van der Waals surface area contributed by atoms with Crippen LogP contribution in [0.2, 0.25) is 0 Å². The fourth-order valence-electron chi connectivity index (χ4n) is 3.44. The molecule has 0 bridgehead atoms. The summed E-state index contributed by atoms with van der Waals surface area (Å²) in [5.41, 5.74) is 1.69. The second-order valence-corrected chi connectivity index (χ2v) is 8.37. The molecular weight excluding hydrogens is 398 g/mol. The molecule has 1 aromatic heterocycles. The highest BCUT2D eigenvalue weighted by atomic mass is 32.2. The van der Waals surface area contributed by atoms with E-state index in [1.54, 1.807) is 4.57 Å². The lowest BCUT2D eigenvalue weighted by Crippen LogP contribution is -3.05. The van der Waals surface area contributed by atoms with E-state index in [9.17, 15) is 18.4 Å². The normalized spacial score (nSPS) is 13.0. The van der Waals surface area contributed by atoms with E-state index in [2.05, 4.69) is 24.4 Å². The van der Waals surface area contributed by atoms with Crippen molar-refractivity contribution in [2.75, 3.05) is 31.7 Å². The minimum Gasteiger partial charge on any atom is -0.340 e. The summed E-state index contributed by atoms with van der Waals surface area (Å²) in [4.78, 5) is 30.3. The van der Waals surface area contributed by atoms with Gasteiger partial charge >= 0.3 is 5.69 Å². The molecule has 3 rings (SSSR count). The van der Waals surface area contributed by atoms with E-state index in [1.807, 2.05) is 0 Å². The zero-order valence-electron chi connectivity index (χ0n) is 16.6. The quantitative estimate of drug-likeness (QED) is 0.496. The second-order valence-electron chi connectivity index (χ2n) is 7.40. The summed E-state index contributed by atoms with van der Waals surface area (Å²) >= 11 is 1.18. The van der Waals surface area contributed by atoms with E-state index in [4.69, 9.17) is 0 Å². The second kappa shape index (κ2) is 9.49. The number of aromatic nitrogens is 2. The molecule has 0 unspecified atom stereocenters. The van der Waals surface area contributed by atoms with Crippen LogP contribution in [0.3, 0.4) is 0 Å². The Morgan fingerprint density at radius 3 is 2.83 bits per heavy atom. The van der Waals surface area contributed by atoms with Crippen LogP contribution in [0.25, 0.3) is 0 Å². The summed E-state index contributed by atoms with van der Waals surface area (Å²) in [6.45, 7) is 1.62. The van der Waals surface area contributed by atoms with Gasteiger partial charge < -0.3 is 10.2 Å². The first-order valence-electron chi connectivity index (χ1n) is 9.64. The average Bonchev–Trinajstić information content (AvgIpc) is 3.14. The molecule has 1 heterocycles. The Kier molecular flexibility index (Phi) is 7.02. The van der Waals surface area contributed by atoms with Gasteiger partial charge in [-0.05, 0) is 31.4 Å². The molecule has 0 aliphatic heterocycles. The molecule has 1 amide bonds. The number of carbonyl (C=O) groups excluding carboxylic acids is 1. The van der Waals surface area contributed by atoms with E-state index in [0.717, 1.165) is 49.6 Å². The number of carbonyl (C=O) groups is 1. The zero-order chi connectivity index (χ0) is 21.0. The van der Waals surface area contributed by atoms with Crippen LogP contribution in [0.5, 0.6) is 0 Å². The molecule has 6 nitrogen and oxygen atoms in total. The van der Waals surface area contributed by atoms with Crippen molar-refractivity contribution in [2.24, 2.45) is 0 Å². The Morgan fingerprint density at radius 2 is 2.10 bits per heavy atom. The van der Waals surface area contributed by atoms with Crippen LogP contribution in [0.15, 0.2) is 28.0 Å². The first-order valence-corrected chi connectivity index (χ1v) is 10.6. The van der Waals surface area contributed by atoms with Crippen molar-refractivity contribution in [3.63, 3.8) is 0 Å². The van der Waals surface area contributed by atoms with E-state index < -0.39 is 17.5 Å². The van der Waals surface area contributed by atoms with Gasteiger partial charge in [0.2, 0.25) is 5.91 Å². The number of nitrogens with one attached hydrogen (secondary N) is 2. The molecule has 9 heteroatoms. The largest absolute Gasteiger partial charge is 0.348 e. The van der Waals surface area contributed by atoms with Crippen molar-refractivity contribution in [3.05, 3.63) is 51.6 Å². The summed E-state index contributed by atoms with van der Waals surface area (Å²) in [6, 6.07) is 2.98. The number of hydrogen-bond acceptors (Lipinski definition) is 4. The van der Waals surface area contributed by atoms with Gasteiger partial charge in [0.05, 0.1) is 32.1 Å². The number of nitrogens with zero attached hydrogens (tertiary/aromatic N) is 2. The molecule has 156 valence electrons. The van der Waals surface area contributed by atoms with Crippen molar-refractivity contribution < 1.29 is 18.5 Å². The van der Waals surface area contributed by atoms with E-state index >= 15 is 0 Å². The fraction of sp³-hybridized carbons (Fsp3) is 0.450. The molecule has 0 atom stereocenters. The summed E-state index contributed by atoms with van der Waals surface area (Å²) in [7, 11) is 4.15. The number of fused-ring (bicyclic) bond motifs is 1. The third-order valence-corrected chi connectivity index (χ3v) is 5.82. The molecule has 2 aromatic rings. The molecule has 0 radical (unpaired) electrons. The number of benzene rings is 1. The van der Waals surface area contributed by atoms with E-state index in [-0.39, 0.29) is 17.1 Å². The maximum Gasteiger partial charge on any atom is 0.348 e. The van der Waals surface area contributed by atoms with Crippen molar-refractivity contribution in [2.45, 2.75) is 37.3 Å². The van der Waals surface area contributed by atoms with E-state index in [1.165, 1.54) is 22.7 Å². The van der Waals surface area contributed by atoms with Gasteiger partial charge in [-0.1, -0.05) is 11.8 Å². The lowest BCUT2D eigenvalue weighted by atomic mass is 10.2. The molecular formula is C20H25F2N4O2S+. The monoisotopic (exact) mass is 423 g/mol. The number of anilines is 1. The van der Waals surface area contributed by atoms with Crippen LogP contribution in [0.4, 0.5) is 14.5 Å². The van der Waals surface area contributed by atoms with Gasteiger partial charge in [0.25, 0.3) is 0 Å². The van der Waals surface area contributed by atoms with Crippen LogP contribution in [0, 0.1) is 11.6 Å². The summed E-state index contributed by atoms with van der Waals surface area (Å²) in [6.07, 6.45) is 3.52. The third-order valence-electron chi connectivity index (χ3n) is 4.80. The predicted molar refractivity (Wildman–Crippen MR) is 109 cm³/mol. The smallest absolute Gasteiger partial charge is 0.340 e. The van der Waals surface area contributed by atoms with Crippen LogP contribution in [-0.4, -0.2) is 41.9 Å². The Morgan fingerprint density at radius 1 is 1.31 bits per heavy atom. The van der Waals surface area contributed by atoms with Gasteiger partial charge in [-0.25, -0.2) is 13.6 Å². The Bertz CT molecular complexity index is 962. The maximum atomic E-state index is 13.7. The Labute approximate surface area is 172 Å². The van der Waals surface area contributed by atoms with Crippen LogP contribution < -0.4 is 15.9 Å². The lowest BCUT2D eigenvalue weighted by molar-refractivity contribution is -0.858. The highest BCUT2D eigenvalue weighted by molar-refractivity contribution is 8.00. The van der Waals surface area contributed by atoms with E-state index in [0.29, 0.717) is 17.6 Å². The third kappa shape index (κ3) is 5.42. The van der Waals surface area contributed by atoms with Crippen LogP contribution in [-0.2, 0) is 24.2 Å². The standard InChI is InChI=1S/C20H24F2N4O2S/c1-25(2)9-4-10-26-17-6-3-5-14(17)19(24-20(26)28)29-12-18(27)23-16-8-7-13(21)11-15(16)22/h7-8,11H,3-6,9-10,12H2,1-2H3,(H,23,27)/p+1. The van der Waals surface area contributed by atoms with Gasteiger partial charge in [0, 0.05) is 30.3 Å². The van der Waals surface area contributed by atoms with Crippen molar-refractivity contribution in [1.82, 2.24) is 9.55 Å². The average molecular weight is 424 g/mol. The topological polar surface area (TPSA) is 68.4 Å². The van der Waals surface area contributed by atoms with Crippen LogP contribution in [0.1, 0.15) is 24.1 Å². The minimum atomic E-state index is -0.829. The van der Waals surface area contributed by atoms with Gasteiger partial charge in [-0.15, -0.1) is 0 Å². The minimum absolute atomic E-state index is 0.0102. The number of hydrogen-bond donors (Lipinski definition) is 2. The van der Waals surface area contributed by atoms with Gasteiger partial charge in [-0.2, -0.15) is 4.98 Å². The molecule has 0 saturated heterocycles. The molecule has 2 N–H and O–H groups in total. The fourth-order valence-corrected chi connectivity index (χ4v) is 4.31. The molecule has 29 heavy (non-hydrogen) atoms. The molecule has 1 aliphatic rings. The number of amides is 1. The number of rotatable bonds is 8. The molecule has 0 fully saturated rings. The lowest BCUT2D eigenvalue weighted by Gasteiger charge is -2.15. The highest BCUT2D eigenvalue weighted by Crippen LogP contribution is 2.29. The SMILES string of the molecule is C[NH+](C)CCCn1c2c(c(SCC(=O)Nc3ccc(F)cc3F)nc1=O)CCC2. The van der Waals surface area contributed by atoms with Crippen molar-refractivity contribution in [1.29, 1.82) is 0 Å². The maximum absolute atomic E-state index is 13.7. The highest BCUT2D eigenvalue weighted by Gasteiger charge is 2.22. The molecule has 1 aromatic carbocycles. The first-order chi connectivity index (χ1) is 13.8. The van der Waals surface area contributed by atoms with Crippen LogP contribution >= 0.6 is 11.8 Å². The van der Waals surface area contributed by atoms with Gasteiger partial charge in [0.15, 0.2) is 0 Å². The number of halogens is 2. The first kappa shape index (κ1) is 21.4. The summed E-state index contributed by atoms with van der Waals surface area (Å²) in [5, 5.41) is 3.00. The molecule has 1 aliphatic carbocycles. The van der Waals surface area contributed by atoms with Crippen molar-refractivity contribution >= 4 is 23.4 Å².